The van der Waals surface area contributed by atoms with Gasteiger partial charge in [0.2, 0.25) is 17.7 Å². The fraction of sp³-hybridized carbons (Fsp3) is 0.444. The second kappa shape index (κ2) is 9.77. The maximum atomic E-state index is 13.7. The monoisotopic (exact) mass is 448 g/mol. The van der Waals surface area contributed by atoms with Crippen LogP contribution < -0.4 is 4.74 Å². The molecular formula is C27H32N2O4. The molecule has 1 atom stereocenters. The molecule has 1 unspecified atom stereocenters. The Morgan fingerprint density at radius 2 is 1.79 bits per heavy atom. The molecule has 1 saturated heterocycles. The summed E-state index contributed by atoms with van der Waals surface area (Å²) in [5.41, 5.74) is 0.590. The first-order chi connectivity index (χ1) is 16.0. The highest BCUT2D eigenvalue weighted by Gasteiger charge is 2.57. The topological polar surface area (TPSA) is 66.9 Å². The van der Waals surface area contributed by atoms with Gasteiger partial charge in [0, 0.05) is 32.0 Å². The molecule has 2 aliphatic rings. The summed E-state index contributed by atoms with van der Waals surface area (Å²) in [5.74, 6) is 0.171. The molecule has 1 aliphatic heterocycles. The van der Waals surface area contributed by atoms with Crippen LogP contribution in [0.4, 0.5) is 0 Å². The van der Waals surface area contributed by atoms with Gasteiger partial charge in [-0.2, -0.15) is 0 Å². The van der Waals surface area contributed by atoms with Crippen molar-refractivity contribution in [1.29, 1.82) is 0 Å². The number of unbranched alkanes of at least 4 members (excludes halogenated alkanes) is 1. The molecule has 2 fully saturated rings. The molecule has 2 aromatic carbocycles. The van der Waals surface area contributed by atoms with Crippen LogP contribution in [0.5, 0.6) is 5.75 Å². The fourth-order valence-corrected chi connectivity index (χ4v) is 4.66. The predicted octanol–water partition coefficient (Wildman–Crippen LogP) is 4.07. The van der Waals surface area contributed by atoms with Crippen LogP contribution in [0.1, 0.15) is 56.6 Å². The van der Waals surface area contributed by atoms with Gasteiger partial charge in [-0.1, -0.05) is 55.8 Å². The van der Waals surface area contributed by atoms with Gasteiger partial charge in [0.05, 0.1) is 12.5 Å². The summed E-state index contributed by atoms with van der Waals surface area (Å²) in [7, 11) is 1.59. The van der Waals surface area contributed by atoms with Gasteiger partial charge in [-0.25, -0.2) is 0 Å². The summed E-state index contributed by atoms with van der Waals surface area (Å²) in [5, 5.41) is 0. The third-order valence-corrected chi connectivity index (χ3v) is 6.71. The average molecular weight is 449 g/mol. The zero-order valence-electron chi connectivity index (χ0n) is 19.5. The largest absolute Gasteiger partial charge is 0.497 e. The first kappa shape index (κ1) is 23.0. The Morgan fingerprint density at radius 1 is 1.09 bits per heavy atom. The van der Waals surface area contributed by atoms with Crippen LogP contribution in [0.3, 0.4) is 0 Å². The Hall–Kier alpha value is -3.15. The van der Waals surface area contributed by atoms with Crippen molar-refractivity contribution < 1.29 is 19.1 Å². The number of amides is 3. The van der Waals surface area contributed by atoms with E-state index in [2.05, 4.69) is 6.92 Å². The molecule has 33 heavy (non-hydrogen) atoms. The SMILES string of the molecule is CCCCN(Cc1ccccc1)C(=O)CC1(c2ccc(OC)cc2)CC(=O)N(C2CC2)C1=O. The Balaban J connectivity index is 1.65. The number of hydrogen-bond acceptors (Lipinski definition) is 4. The lowest BCUT2D eigenvalue weighted by atomic mass is 9.75. The molecule has 0 radical (unpaired) electrons. The Kier molecular flexibility index (Phi) is 6.82. The Morgan fingerprint density at radius 3 is 2.39 bits per heavy atom. The van der Waals surface area contributed by atoms with E-state index >= 15 is 0 Å². The van der Waals surface area contributed by atoms with Gasteiger partial charge in [0.25, 0.3) is 0 Å². The number of methoxy groups -OCH3 is 1. The van der Waals surface area contributed by atoms with E-state index < -0.39 is 5.41 Å². The van der Waals surface area contributed by atoms with Crippen LogP contribution in [0.15, 0.2) is 54.6 Å². The van der Waals surface area contributed by atoms with Crippen LogP contribution in [-0.2, 0) is 26.3 Å². The maximum absolute atomic E-state index is 13.7. The minimum atomic E-state index is -1.16. The lowest BCUT2D eigenvalue weighted by Crippen LogP contribution is -2.44. The Bertz CT molecular complexity index is 1000. The zero-order chi connectivity index (χ0) is 23.4. The summed E-state index contributed by atoms with van der Waals surface area (Å²) >= 11 is 0. The third kappa shape index (κ3) is 4.80. The van der Waals surface area contributed by atoms with E-state index in [-0.39, 0.29) is 36.6 Å². The molecule has 0 spiro atoms. The van der Waals surface area contributed by atoms with E-state index in [0.29, 0.717) is 24.4 Å². The van der Waals surface area contributed by atoms with Gasteiger partial charge in [0.15, 0.2) is 0 Å². The Labute approximate surface area is 195 Å². The molecule has 0 bridgehead atoms. The molecule has 1 saturated carbocycles. The van der Waals surface area contributed by atoms with Crippen molar-refractivity contribution in [2.24, 2.45) is 0 Å². The minimum absolute atomic E-state index is 0.0102. The molecule has 6 nitrogen and oxygen atoms in total. The lowest BCUT2D eigenvalue weighted by molar-refractivity contribution is -0.143. The van der Waals surface area contributed by atoms with Crippen molar-refractivity contribution in [2.75, 3.05) is 13.7 Å². The van der Waals surface area contributed by atoms with Crippen LogP contribution in [0.25, 0.3) is 0 Å². The molecule has 2 aromatic rings. The molecule has 4 rings (SSSR count). The van der Waals surface area contributed by atoms with Crippen molar-refractivity contribution in [3.63, 3.8) is 0 Å². The highest BCUT2D eigenvalue weighted by atomic mass is 16.5. The molecule has 174 valence electrons. The number of benzene rings is 2. The van der Waals surface area contributed by atoms with Crippen LogP contribution in [0.2, 0.25) is 0 Å². The average Bonchev–Trinajstić information content (AvgIpc) is 3.63. The van der Waals surface area contributed by atoms with Crippen LogP contribution in [-0.4, -0.2) is 47.2 Å². The fourth-order valence-electron chi connectivity index (χ4n) is 4.66. The summed E-state index contributed by atoms with van der Waals surface area (Å²) in [6, 6.07) is 17.1. The number of likely N-dealkylation sites (tertiary alicyclic amines) is 1. The quantitative estimate of drug-likeness (QED) is 0.514. The second-order valence-electron chi connectivity index (χ2n) is 9.12. The van der Waals surface area contributed by atoms with Gasteiger partial charge in [-0.05, 0) is 42.5 Å². The molecule has 6 heteroatoms. The van der Waals surface area contributed by atoms with Gasteiger partial charge < -0.3 is 9.64 Å². The van der Waals surface area contributed by atoms with Gasteiger partial charge in [0.1, 0.15) is 5.75 Å². The van der Waals surface area contributed by atoms with Crippen molar-refractivity contribution >= 4 is 17.7 Å². The van der Waals surface area contributed by atoms with E-state index in [1.807, 2.05) is 47.4 Å². The number of nitrogens with zero attached hydrogens (tertiary/aromatic N) is 2. The lowest BCUT2D eigenvalue weighted by Gasteiger charge is -2.31. The van der Waals surface area contributed by atoms with Crippen molar-refractivity contribution in [2.45, 2.75) is 63.5 Å². The first-order valence-corrected chi connectivity index (χ1v) is 11.8. The standard InChI is InChI=1S/C27H32N2O4/c1-3-4-16-28(19-20-8-6-5-7-9-20)24(30)17-27(21-10-14-23(33-2)15-11-21)18-25(31)29(26(27)32)22-12-13-22/h5-11,14-15,22H,3-4,12-13,16-19H2,1-2H3. The molecule has 1 heterocycles. The maximum Gasteiger partial charge on any atom is 0.241 e. The number of hydrogen-bond donors (Lipinski definition) is 0. The van der Waals surface area contributed by atoms with E-state index in [0.717, 1.165) is 31.2 Å². The number of carbonyl (C=O) groups is 3. The summed E-state index contributed by atoms with van der Waals surface area (Å²) in [4.78, 5) is 43.6. The molecule has 3 amide bonds. The molecule has 1 aliphatic carbocycles. The smallest absolute Gasteiger partial charge is 0.241 e. The van der Waals surface area contributed by atoms with Crippen LogP contribution in [0, 0.1) is 0 Å². The summed E-state index contributed by atoms with van der Waals surface area (Å²) in [6.45, 7) is 3.21. The van der Waals surface area contributed by atoms with E-state index in [1.54, 1.807) is 19.2 Å². The second-order valence-corrected chi connectivity index (χ2v) is 9.12. The van der Waals surface area contributed by atoms with E-state index in [1.165, 1.54) is 4.90 Å². The van der Waals surface area contributed by atoms with Crippen molar-refractivity contribution in [3.05, 3.63) is 65.7 Å². The van der Waals surface area contributed by atoms with Gasteiger partial charge in [-0.3, -0.25) is 19.3 Å². The zero-order valence-corrected chi connectivity index (χ0v) is 19.5. The predicted molar refractivity (Wildman–Crippen MR) is 126 cm³/mol. The minimum Gasteiger partial charge on any atom is -0.497 e. The van der Waals surface area contributed by atoms with Crippen LogP contribution >= 0.6 is 0 Å². The first-order valence-electron chi connectivity index (χ1n) is 11.8. The van der Waals surface area contributed by atoms with E-state index in [9.17, 15) is 14.4 Å². The molecule has 0 aromatic heterocycles. The molecule has 0 N–H and O–H groups in total. The third-order valence-electron chi connectivity index (χ3n) is 6.71. The van der Waals surface area contributed by atoms with Crippen molar-refractivity contribution in [1.82, 2.24) is 9.80 Å². The highest BCUT2D eigenvalue weighted by Crippen LogP contribution is 2.44. The summed E-state index contributed by atoms with van der Waals surface area (Å²) < 4.78 is 5.27. The van der Waals surface area contributed by atoms with E-state index in [4.69, 9.17) is 4.74 Å². The van der Waals surface area contributed by atoms with Gasteiger partial charge in [-0.15, -0.1) is 0 Å². The number of imide groups is 1. The summed E-state index contributed by atoms with van der Waals surface area (Å²) in [6.07, 6.45) is 3.57. The molecular weight excluding hydrogens is 416 g/mol. The van der Waals surface area contributed by atoms with Gasteiger partial charge >= 0.3 is 0 Å². The number of ether oxygens (including phenoxy) is 1. The highest BCUT2D eigenvalue weighted by molar-refractivity contribution is 6.11. The van der Waals surface area contributed by atoms with Crippen molar-refractivity contribution in [3.8, 4) is 5.75 Å². The normalized spacial score (nSPS) is 20.2. The number of rotatable bonds is 10. The number of carbonyl (C=O) groups excluding carboxylic acids is 3.